The van der Waals surface area contributed by atoms with E-state index in [4.69, 9.17) is 9.47 Å². The van der Waals surface area contributed by atoms with E-state index in [1.54, 1.807) is 25.1 Å². The molecule has 3 heteroatoms. The van der Waals surface area contributed by atoms with E-state index in [1.165, 1.54) is 0 Å². The van der Waals surface area contributed by atoms with Gasteiger partial charge in [-0.25, -0.2) is 0 Å². The van der Waals surface area contributed by atoms with Crippen molar-refractivity contribution in [3.05, 3.63) is 23.8 Å². The predicted octanol–water partition coefficient (Wildman–Crippen LogP) is 3.47. The van der Waals surface area contributed by atoms with Crippen molar-refractivity contribution in [2.75, 3.05) is 13.2 Å². The molecule has 0 aromatic heterocycles. The molecule has 1 aromatic carbocycles. The van der Waals surface area contributed by atoms with Crippen LogP contribution in [0.15, 0.2) is 18.2 Å². The van der Waals surface area contributed by atoms with Crippen molar-refractivity contribution in [3.63, 3.8) is 0 Å². The van der Waals surface area contributed by atoms with Gasteiger partial charge in [0, 0.05) is 18.4 Å². The molecule has 0 aliphatic heterocycles. The SMILES string of the molecule is CC#CCCC(=O)c1ccc(OCC)c(OCC)c1. The summed E-state index contributed by atoms with van der Waals surface area (Å²) in [6.07, 6.45) is 1.02. The Balaban J connectivity index is 2.86. The summed E-state index contributed by atoms with van der Waals surface area (Å²) in [5.41, 5.74) is 0.643. The second kappa shape index (κ2) is 8.20. The molecule has 0 heterocycles. The normalized spacial score (nSPS) is 9.42. The highest BCUT2D eigenvalue weighted by atomic mass is 16.5. The van der Waals surface area contributed by atoms with Gasteiger partial charge in [-0.2, -0.15) is 0 Å². The zero-order valence-corrected chi connectivity index (χ0v) is 11.8. The third-order valence-electron chi connectivity index (χ3n) is 2.52. The van der Waals surface area contributed by atoms with Gasteiger partial charge in [-0.05, 0) is 39.0 Å². The van der Waals surface area contributed by atoms with E-state index in [9.17, 15) is 4.79 Å². The van der Waals surface area contributed by atoms with Gasteiger partial charge in [0.15, 0.2) is 17.3 Å². The molecule has 0 atom stereocenters. The summed E-state index contributed by atoms with van der Waals surface area (Å²) in [6, 6.07) is 5.30. The fourth-order valence-corrected chi connectivity index (χ4v) is 1.67. The van der Waals surface area contributed by atoms with E-state index in [-0.39, 0.29) is 5.78 Å². The van der Waals surface area contributed by atoms with Gasteiger partial charge in [0.25, 0.3) is 0 Å². The van der Waals surface area contributed by atoms with Crippen LogP contribution in [0.4, 0.5) is 0 Å². The van der Waals surface area contributed by atoms with Crippen molar-refractivity contribution in [2.45, 2.75) is 33.6 Å². The number of carbonyl (C=O) groups excluding carboxylic acids is 1. The van der Waals surface area contributed by atoms with Crippen molar-refractivity contribution < 1.29 is 14.3 Å². The lowest BCUT2D eigenvalue weighted by molar-refractivity contribution is 0.0984. The largest absolute Gasteiger partial charge is 0.490 e. The van der Waals surface area contributed by atoms with E-state index in [0.29, 0.717) is 43.1 Å². The Morgan fingerprint density at radius 2 is 1.84 bits per heavy atom. The quantitative estimate of drug-likeness (QED) is 0.556. The molecule has 1 rings (SSSR count). The average molecular weight is 260 g/mol. The molecule has 102 valence electrons. The first kappa shape index (κ1) is 15.1. The maximum absolute atomic E-state index is 12.0. The number of hydrogen-bond acceptors (Lipinski definition) is 3. The second-order valence-electron chi connectivity index (χ2n) is 3.88. The topological polar surface area (TPSA) is 35.5 Å². The zero-order valence-electron chi connectivity index (χ0n) is 11.8. The van der Waals surface area contributed by atoms with Crippen LogP contribution in [0.1, 0.15) is 44.0 Å². The number of benzene rings is 1. The summed E-state index contributed by atoms with van der Waals surface area (Å²) in [6.45, 7) is 6.70. The number of rotatable bonds is 7. The van der Waals surface area contributed by atoms with E-state index < -0.39 is 0 Å². The van der Waals surface area contributed by atoms with Crippen LogP contribution in [0.2, 0.25) is 0 Å². The van der Waals surface area contributed by atoms with Crippen molar-refractivity contribution in [3.8, 4) is 23.3 Å². The molecule has 0 N–H and O–H groups in total. The summed E-state index contributed by atoms with van der Waals surface area (Å²) in [5.74, 6) is 7.05. The molecule has 0 bridgehead atoms. The number of hydrogen-bond donors (Lipinski definition) is 0. The molecule has 0 fully saturated rings. The third kappa shape index (κ3) is 4.67. The molecule has 0 amide bonds. The lowest BCUT2D eigenvalue weighted by Gasteiger charge is -2.11. The molecule has 0 unspecified atom stereocenters. The minimum atomic E-state index is 0.0757. The average Bonchev–Trinajstić information content (AvgIpc) is 2.41. The summed E-state index contributed by atoms with van der Waals surface area (Å²) >= 11 is 0. The number of Topliss-reactive ketones (excluding diaryl/α,β-unsaturated/α-hetero) is 1. The molecular formula is C16H20O3. The summed E-state index contributed by atoms with van der Waals surface area (Å²) in [4.78, 5) is 12.0. The van der Waals surface area contributed by atoms with Crippen molar-refractivity contribution in [1.29, 1.82) is 0 Å². The van der Waals surface area contributed by atoms with E-state index in [1.807, 2.05) is 13.8 Å². The van der Waals surface area contributed by atoms with Crippen LogP contribution in [-0.2, 0) is 0 Å². The maximum atomic E-state index is 12.0. The lowest BCUT2D eigenvalue weighted by Crippen LogP contribution is -2.02. The highest BCUT2D eigenvalue weighted by Gasteiger charge is 2.10. The van der Waals surface area contributed by atoms with Gasteiger partial charge in [0.05, 0.1) is 13.2 Å². The van der Waals surface area contributed by atoms with Crippen LogP contribution >= 0.6 is 0 Å². The Bertz CT molecular complexity index is 481. The molecule has 0 aliphatic rings. The third-order valence-corrected chi connectivity index (χ3v) is 2.52. The fourth-order valence-electron chi connectivity index (χ4n) is 1.67. The first-order valence-corrected chi connectivity index (χ1v) is 6.55. The van der Waals surface area contributed by atoms with Gasteiger partial charge in [-0.15, -0.1) is 11.8 Å². The maximum Gasteiger partial charge on any atom is 0.163 e. The summed E-state index contributed by atoms with van der Waals surface area (Å²) < 4.78 is 11.0. The van der Waals surface area contributed by atoms with E-state index in [2.05, 4.69) is 11.8 Å². The monoisotopic (exact) mass is 260 g/mol. The van der Waals surface area contributed by atoms with Crippen molar-refractivity contribution >= 4 is 5.78 Å². The smallest absolute Gasteiger partial charge is 0.163 e. The van der Waals surface area contributed by atoms with E-state index in [0.717, 1.165) is 0 Å². The summed E-state index contributed by atoms with van der Waals surface area (Å²) in [5, 5.41) is 0. The molecule has 3 nitrogen and oxygen atoms in total. The Hall–Kier alpha value is -1.95. The minimum Gasteiger partial charge on any atom is -0.490 e. The molecule has 0 saturated carbocycles. The molecule has 0 saturated heterocycles. The zero-order chi connectivity index (χ0) is 14.1. The highest BCUT2D eigenvalue weighted by molar-refractivity contribution is 5.96. The van der Waals surface area contributed by atoms with Crippen molar-refractivity contribution in [1.82, 2.24) is 0 Å². The minimum absolute atomic E-state index is 0.0757. The number of ether oxygens (including phenoxy) is 2. The fraction of sp³-hybridized carbons (Fsp3) is 0.438. The number of carbonyl (C=O) groups is 1. The molecule has 0 radical (unpaired) electrons. The van der Waals surface area contributed by atoms with Gasteiger partial charge in [-0.1, -0.05) is 0 Å². The van der Waals surface area contributed by atoms with Gasteiger partial charge in [0.1, 0.15) is 0 Å². The first-order chi connectivity index (χ1) is 9.22. The van der Waals surface area contributed by atoms with Crippen LogP contribution in [0, 0.1) is 11.8 Å². The van der Waals surface area contributed by atoms with Gasteiger partial charge in [-0.3, -0.25) is 4.79 Å². The van der Waals surface area contributed by atoms with Crippen LogP contribution in [0.5, 0.6) is 11.5 Å². The molecule has 19 heavy (non-hydrogen) atoms. The number of ketones is 1. The molecule has 1 aromatic rings. The standard InChI is InChI=1S/C16H20O3/c1-4-7-8-9-14(17)13-10-11-15(18-5-2)16(12-13)19-6-3/h10-12H,5-6,8-9H2,1-3H3. The molecular weight excluding hydrogens is 240 g/mol. The Morgan fingerprint density at radius 3 is 2.47 bits per heavy atom. The predicted molar refractivity (Wildman–Crippen MR) is 75.8 cm³/mol. The Labute approximate surface area is 114 Å². The van der Waals surface area contributed by atoms with E-state index >= 15 is 0 Å². The van der Waals surface area contributed by atoms with Gasteiger partial charge in [0.2, 0.25) is 0 Å². The van der Waals surface area contributed by atoms with Crippen LogP contribution in [0.25, 0.3) is 0 Å². The Morgan fingerprint density at radius 1 is 1.16 bits per heavy atom. The molecule has 0 spiro atoms. The second-order valence-corrected chi connectivity index (χ2v) is 3.88. The first-order valence-electron chi connectivity index (χ1n) is 6.55. The van der Waals surface area contributed by atoms with Gasteiger partial charge < -0.3 is 9.47 Å². The van der Waals surface area contributed by atoms with Crippen LogP contribution in [0.3, 0.4) is 0 Å². The van der Waals surface area contributed by atoms with Crippen LogP contribution in [-0.4, -0.2) is 19.0 Å². The van der Waals surface area contributed by atoms with Crippen LogP contribution < -0.4 is 9.47 Å². The van der Waals surface area contributed by atoms with Crippen molar-refractivity contribution in [2.24, 2.45) is 0 Å². The lowest BCUT2D eigenvalue weighted by atomic mass is 10.1. The molecule has 0 aliphatic carbocycles. The Kier molecular flexibility index (Phi) is 6.52. The summed E-state index contributed by atoms with van der Waals surface area (Å²) in [7, 11) is 0. The van der Waals surface area contributed by atoms with Gasteiger partial charge >= 0.3 is 0 Å². The highest BCUT2D eigenvalue weighted by Crippen LogP contribution is 2.29.